The van der Waals surface area contributed by atoms with Gasteiger partial charge in [0.15, 0.2) is 0 Å². The van der Waals surface area contributed by atoms with E-state index in [0.29, 0.717) is 31.6 Å². The van der Waals surface area contributed by atoms with Gasteiger partial charge in [0.25, 0.3) is 0 Å². The van der Waals surface area contributed by atoms with E-state index in [0.717, 1.165) is 6.07 Å². The Kier molecular flexibility index (Phi) is 8.93. The molecule has 3 N–H and O–H groups in total. The van der Waals surface area contributed by atoms with E-state index < -0.39 is 29.3 Å². The first-order valence-corrected chi connectivity index (χ1v) is 11.4. The Balaban J connectivity index is 1.67. The van der Waals surface area contributed by atoms with E-state index >= 15 is 0 Å². The van der Waals surface area contributed by atoms with Crippen LogP contribution in [0.15, 0.2) is 42.5 Å². The van der Waals surface area contributed by atoms with Crippen LogP contribution >= 0.6 is 0 Å². The molecule has 2 aromatic carbocycles. The number of benzene rings is 2. The van der Waals surface area contributed by atoms with Crippen LogP contribution in [-0.4, -0.2) is 49.4 Å². The fourth-order valence-electron chi connectivity index (χ4n) is 3.83. The zero-order valence-electron chi connectivity index (χ0n) is 20.0. The number of carbonyl (C=O) groups is 2. The van der Waals surface area contributed by atoms with Crippen molar-refractivity contribution in [3.8, 4) is 11.5 Å². The SMILES string of the molecule is COCC(=O)NC1(C(=O)NCc2ccc(Oc3ccc(C(C)O)cc3C(F)(F)F)cc2)CCOCC1. The zero-order valence-corrected chi connectivity index (χ0v) is 20.0. The molecule has 0 radical (unpaired) electrons. The number of carbonyl (C=O) groups excluding carboxylic acids is 2. The van der Waals surface area contributed by atoms with Crippen molar-refractivity contribution < 1.29 is 42.1 Å². The maximum atomic E-state index is 13.5. The van der Waals surface area contributed by atoms with E-state index in [9.17, 15) is 27.9 Å². The van der Waals surface area contributed by atoms with E-state index in [1.54, 1.807) is 12.1 Å². The number of aliphatic hydroxyl groups is 1. The molecule has 3 rings (SSSR count). The summed E-state index contributed by atoms with van der Waals surface area (Å²) in [4.78, 5) is 25.0. The third-order valence-corrected chi connectivity index (χ3v) is 5.83. The van der Waals surface area contributed by atoms with Crippen molar-refractivity contribution in [1.29, 1.82) is 0 Å². The number of amides is 2. The number of hydrogen-bond acceptors (Lipinski definition) is 6. The highest BCUT2D eigenvalue weighted by molar-refractivity contribution is 5.92. The normalized spacial score (nSPS) is 16.2. The third-order valence-electron chi connectivity index (χ3n) is 5.83. The predicted molar refractivity (Wildman–Crippen MR) is 123 cm³/mol. The quantitative estimate of drug-likeness (QED) is 0.477. The molecule has 1 unspecified atom stereocenters. The Labute approximate surface area is 206 Å². The standard InChI is InChI=1S/C25H29F3N2O6/c1-16(31)18-5-8-21(20(13-18)25(26,27)28)36-19-6-3-17(4-7-19)14-29-23(33)24(9-11-35-12-10-24)30-22(32)15-34-2/h3-8,13,16,31H,9-12,14-15H2,1-2H3,(H,29,33)(H,30,32). The Bertz CT molecular complexity index is 1050. The van der Waals surface area contributed by atoms with E-state index in [1.165, 1.54) is 38.3 Å². The first-order valence-electron chi connectivity index (χ1n) is 11.4. The van der Waals surface area contributed by atoms with Crippen LogP contribution in [0.25, 0.3) is 0 Å². The van der Waals surface area contributed by atoms with Crippen LogP contribution in [0.1, 0.15) is 42.6 Å². The number of hydrogen-bond donors (Lipinski definition) is 3. The van der Waals surface area contributed by atoms with E-state index in [1.807, 2.05) is 0 Å². The van der Waals surface area contributed by atoms with Gasteiger partial charge in [0, 0.05) is 39.7 Å². The van der Waals surface area contributed by atoms with Gasteiger partial charge in [-0.15, -0.1) is 0 Å². The van der Waals surface area contributed by atoms with Crippen LogP contribution in [0, 0.1) is 0 Å². The highest BCUT2D eigenvalue weighted by Gasteiger charge is 2.41. The number of aliphatic hydroxyl groups excluding tert-OH is 1. The smallest absolute Gasteiger partial charge is 0.419 e. The summed E-state index contributed by atoms with van der Waals surface area (Å²) in [6, 6.07) is 9.63. The number of methoxy groups -OCH3 is 1. The Hall–Kier alpha value is -3.15. The second kappa shape index (κ2) is 11.7. The van der Waals surface area contributed by atoms with Gasteiger partial charge in [-0.05, 0) is 42.3 Å². The molecule has 1 heterocycles. The maximum absolute atomic E-state index is 13.5. The van der Waals surface area contributed by atoms with Gasteiger partial charge in [-0.2, -0.15) is 13.2 Å². The van der Waals surface area contributed by atoms with E-state index in [-0.39, 0.29) is 36.1 Å². The maximum Gasteiger partial charge on any atom is 0.419 e. The molecule has 1 atom stereocenters. The first kappa shape index (κ1) is 27.4. The minimum Gasteiger partial charge on any atom is -0.457 e. The Morgan fingerprint density at radius 3 is 2.39 bits per heavy atom. The van der Waals surface area contributed by atoms with Crippen molar-refractivity contribution in [2.45, 2.75) is 44.1 Å². The van der Waals surface area contributed by atoms with Crippen molar-refractivity contribution in [3.05, 3.63) is 59.2 Å². The van der Waals surface area contributed by atoms with Gasteiger partial charge >= 0.3 is 6.18 Å². The lowest BCUT2D eigenvalue weighted by molar-refractivity contribution is -0.139. The van der Waals surface area contributed by atoms with Crippen molar-refractivity contribution in [2.75, 3.05) is 26.9 Å². The van der Waals surface area contributed by atoms with Gasteiger partial charge in [-0.3, -0.25) is 9.59 Å². The summed E-state index contributed by atoms with van der Waals surface area (Å²) in [5.74, 6) is -0.978. The molecule has 1 fully saturated rings. The van der Waals surface area contributed by atoms with Crippen LogP contribution in [0.3, 0.4) is 0 Å². The lowest BCUT2D eigenvalue weighted by Gasteiger charge is -2.36. The van der Waals surface area contributed by atoms with Crippen LogP contribution in [0.5, 0.6) is 11.5 Å². The summed E-state index contributed by atoms with van der Waals surface area (Å²) >= 11 is 0. The monoisotopic (exact) mass is 510 g/mol. The number of halogens is 3. The molecule has 1 saturated heterocycles. The molecule has 1 aliphatic rings. The first-order chi connectivity index (χ1) is 17.0. The topological polar surface area (TPSA) is 106 Å². The number of alkyl halides is 3. The molecular formula is C25H29F3N2O6. The molecule has 0 spiro atoms. The molecule has 2 amide bonds. The summed E-state index contributed by atoms with van der Waals surface area (Å²) in [5, 5.41) is 15.2. The van der Waals surface area contributed by atoms with Crippen LogP contribution < -0.4 is 15.4 Å². The molecule has 8 nitrogen and oxygen atoms in total. The van der Waals surface area contributed by atoms with Gasteiger partial charge in [0.05, 0.1) is 11.7 Å². The minimum atomic E-state index is -4.66. The Morgan fingerprint density at radius 2 is 1.81 bits per heavy atom. The molecule has 36 heavy (non-hydrogen) atoms. The molecule has 0 aromatic heterocycles. The fourth-order valence-corrected chi connectivity index (χ4v) is 3.83. The third kappa shape index (κ3) is 6.96. The zero-order chi connectivity index (χ0) is 26.3. The average Bonchev–Trinajstić information content (AvgIpc) is 2.83. The van der Waals surface area contributed by atoms with Gasteiger partial charge in [-0.1, -0.05) is 18.2 Å². The van der Waals surface area contributed by atoms with Gasteiger partial charge in [-0.25, -0.2) is 0 Å². The molecular weight excluding hydrogens is 481 g/mol. The lowest BCUT2D eigenvalue weighted by Crippen LogP contribution is -2.61. The number of rotatable bonds is 9. The molecule has 1 aliphatic heterocycles. The molecule has 0 aliphatic carbocycles. The molecule has 0 bridgehead atoms. The van der Waals surface area contributed by atoms with Crippen molar-refractivity contribution in [1.82, 2.24) is 10.6 Å². The van der Waals surface area contributed by atoms with Crippen LogP contribution in [0.4, 0.5) is 13.2 Å². The van der Waals surface area contributed by atoms with E-state index in [2.05, 4.69) is 10.6 Å². The number of ether oxygens (including phenoxy) is 3. The molecule has 0 saturated carbocycles. The summed E-state index contributed by atoms with van der Waals surface area (Å²) in [7, 11) is 1.39. The van der Waals surface area contributed by atoms with Gasteiger partial charge in [0.2, 0.25) is 11.8 Å². The molecule has 11 heteroatoms. The molecule has 2 aromatic rings. The second-order valence-corrected chi connectivity index (χ2v) is 8.53. The van der Waals surface area contributed by atoms with Crippen LogP contribution in [0.2, 0.25) is 0 Å². The van der Waals surface area contributed by atoms with Crippen LogP contribution in [-0.2, 0) is 31.8 Å². The van der Waals surface area contributed by atoms with Crippen molar-refractivity contribution in [2.24, 2.45) is 0 Å². The van der Waals surface area contributed by atoms with Crippen molar-refractivity contribution >= 4 is 11.8 Å². The Morgan fingerprint density at radius 1 is 1.14 bits per heavy atom. The largest absolute Gasteiger partial charge is 0.457 e. The minimum absolute atomic E-state index is 0.126. The summed E-state index contributed by atoms with van der Waals surface area (Å²) in [6.45, 7) is 1.99. The predicted octanol–water partition coefficient (Wildman–Crippen LogP) is 3.48. The highest BCUT2D eigenvalue weighted by atomic mass is 19.4. The lowest BCUT2D eigenvalue weighted by atomic mass is 9.88. The molecule has 196 valence electrons. The fraction of sp³-hybridized carbons (Fsp3) is 0.440. The number of nitrogens with one attached hydrogen (secondary N) is 2. The second-order valence-electron chi connectivity index (χ2n) is 8.53. The summed E-state index contributed by atoms with van der Waals surface area (Å²) < 4.78 is 56.1. The summed E-state index contributed by atoms with van der Waals surface area (Å²) in [5.41, 5.74) is -1.29. The van der Waals surface area contributed by atoms with Gasteiger partial charge in [0.1, 0.15) is 23.6 Å². The van der Waals surface area contributed by atoms with E-state index in [4.69, 9.17) is 14.2 Å². The summed E-state index contributed by atoms with van der Waals surface area (Å²) in [6.07, 6.45) is -5.08. The van der Waals surface area contributed by atoms with Gasteiger partial charge < -0.3 is 30.0 Å². The van der Waals surface area contributed by atoms with Crippen molar-refractivity contribution in [3.63, 3.8) is 0 Å². The highest BCUT2D eigenvalue weighted by Crippen LogP contribution is 2.39. The average molecular weight is 511 g/mol.